The first kappa shape index (κ1) is 22.0. The number of benzene rings is 1. The Hall–Kier alpha value is -1.31. The maximum absolute atomic E-state index is 12.9. The van der Waals surface area contributed by atoms with Crippen molar-refractivity contribution in [1.82, 2.24) is 10.2 Å². The van der Waals surface area contributed by atoms with Crippen LogP contribution in [-0.2, 0) is 16.4 Å². The first-order valence-corrected chi connectivity index (χ1v) is 11.3. The third-order valence-corrected chi connectivity index (χ3v) is 6.69. The summed E-state index contributed by atoms with van der Waals surface area (Å²) >= 11 is 0. The van der Waals surface area contributed by atoms with Crippen molar-refractivity contribution >= 4 is 34.0 Å². The Morgan fingerprint density at radius 2 is 1.93 bits per heavy atom. The van der Waals surface area contributed by atoms with Crippen molar-refractivity contribution in [2.75, 3.05) is 43.8 Å². The molecule has 1 fully saturated rings. The van der Waals surface area contributed by atoms with E-state index in [9.17, 15) is 13.2 Å². The molecule has 152 valence electrons. The van der Waals surface area contributed by atoms with Crippen molar-refractivity contribution in [3.05, 3.63) is 29.3 Å². The van der Waals surface area contributed by atoms with Crippen LogP contribution in [0.5, 0.6) is 0 Å². The smallest absolute Gasteiger partial charge is 0.253 e. The van der Waals surface area contributed by atoms with Crippen LogP contribution in [0.1, 0.15) is 41.6 Å². The quantitative estimate of drug-likeness (QED) is 0.800. The summed E-state index contributed by atoms with van der Waals surface area (Å²) in [4.78, 5) is 14.8. The Bertz CT molecular complexity index is 761. The van der Waals surface area contributed by atoms with Crippen molar-refractivity contribution in [3.8, 4) is 0 Å². The molecule has 1 aromatic rings. The second-order valence-electron chi connectivity index (χ2n) is 7.41. The number of likely N-dealkylation sites (tertiary alicyclic amines) is 1. The van der Waals surface area contributed by atoms with E-state index in [2.05, 4.69) is 5.32 Å². The van der Waals surface area contributed by atoms with Crippen molar-refractivity contribution in [3.63, 3.8) is 0 Å². The predicted octanol–water partition coefficient (Wildman–Crippen LogP) is 2.28. The Balaban J connectivity index is 0.00000261. The second-order valence-corrected chi connectivity index (χ2v) is 9.32. The van der Waals surface area contributed by atoms with Crippen LogP contribution in [0, 0.1) is 5.92 Å². The van der Waals surface area contributed by atoms with Crippen LogP contribution < -0.4 is 9.62 Å². The highest BCUT2D eigenvalue weighted by Gasteiger charge is 2.27. The van der Waals surface area contributed by atoms with Crippen molar-refractivity contribution in [2.45, 2.75) is 32.1 Å². The van der Waals surface area contributed by atoms with Gasteiger partial charge in [-0.15, -0.1) is 12.4 Å². The van der Waals surface area contributed by atoms with Gasteiger partial charge in [0.05, 0.1) is 11.9 Å². The maximum Gasteiger partial charge on any atom is 0.253 e. The Morgan fingerprint density at radius 1 is 1.22 bits per heavy atom. The number of piperidine rings is 1. The molecular weight excluding hydrogens is 386 g/mol. The number of carbonyl (C=O) groups is 1. The normalized spacial score (nSPS) is 18.0. The number of hydrogen-bond donors (Lipinski definition) is 1. The van der Waals surface area contributed by atoms with Gasteiger partial charge in [0.25, 0.3) is 5.91 Å². The molecular formula is C19H30ClN3O3S. The molecule has 0 unspecified atom stereocenters. The Kier molecular flexibility index (Phi) is 7.54. The highest BCUT2D eigenvalue weighted by Crippen LogP contribution is 2.30. The number of nitrogens with one attached hydrogen (secondary N) is 1. The molecule has 0 bridgehead atoms. The molecule has 0 atom stereocenters. The molecule has 0 aromatic heterocycles. The molecule has 2 heterocycles. The lowest BCUT2D eigenvalue weighted by atomic mass is 9.93. The number of anilines is 1. The van der Waals surface area contributed by atoms with Crippen LogP contribution in [0.25, 0.3) is 0 Å². The molecule has 2 aliphatic rings. The fourth-order valence-corrected chi connectivity index (χ4v) is 4.99. The largest absolute Gasteiger partial charge is 0.339 e. The van der Waals surface area contributed by atoms with E-state index in [4.69, 9.17) is 0 Å². The van der Waals surface area contributed by atoms with Gasteiger partial charge < -0.3 is 10.2 Å². The molecule has 0 saturated carbocycles. The lowest BCUT2D eigenvalue weighted by molar-refractivity contribution is 0.0687. The highest BCUT2D eigenvalue weighted by molar-refractivity contribution is 7.92. The van der Waals surface area contributed by atoms with Crippen LogP contribution in [0.4, 0.5) is 5.69 Å². The fourth-order valence-electron chi connectivity index (χ4n) is 4.00. The average Bonchev–Trinajstić information content (AvgIpc) is 2.64. The van der Waals surface area contributed by atoms with Crippen molar-refractivity contribution in [1.29, 1.82) is 0 Å². The van der Waals surface area contributed by atoms with Gasteiger partial charge in [0.15, 0.2) is 0 Å². The molecule has 0 aliphatic carbocycles. The summed E-state index contributed by atoms with van der Waals surface area (Å²) in [5.74, 6) is 0.759. The topological polar surface area (TPSA) is 69.7 Å². The zero-order valence-corrected chi connectivity index (χ0v) is 17.7. The molecule has 27 heavy (non-hydrogen) atoms. The molecule has 8 heteroatoms. The van der Waals surface area contributed by atoms with E-state index in [0.717, 1.165) is 56.6 Å². The number of hydrogen-bond acceptors (Lipinski definition) is 4. The summed E-state index contributed by atoms with van der Waals surface area (Å²) in [6, 6.07) is 5.46. The van der Waals surface area contributed by atoms with E-state index in [-0.39, 0.29) is 18.3 Å². The van der Waals surface area contributed by atoms with Crippen LogP contribution in [0.15, 0.2) is 18.2 Å². The van der Waals surface area contributed by atoms with Gasteiger partial charge in [-0.05, 0) is 75.4 Å². The number of fused-ring (bicyclic) bond motifs is 1. The summed E-state index contributed by atoms with van der Waals surface area (Å²) in [5.41, 5.74) is 2.35. The number of amides is 1. The van der Waals surface area contributed by atoms with E-state index < -0.39 is 10.0 Å². The van der Waals surface area contributed by atoms with Gasteiger partial charge in [-0.2, -0.15) is 0 Å². The third kappa shape index (κ3) is 5.15. The van der Waals surface area contributed by atoms with Gasteiger partial charge in [0.2, 0.25) is 10.0 Å². The van der Waals surface area contributed by atoms with Gasteiger partial charge in [-0.3, -0.25) is 9.10 Å². The molecule has 1 saturated heterocycles. The summed E-state index contributed by atoms with van der Waals surface area (Å²) < 4.78 is 25.4. The van der Waals surface area contributed by atoms with E-state index in [1.807, 2.05) is 18.0 Å². The first-order valence-electron chi connectivity index (χ1n) is 9.44. The lowest BCUT2D eigenvalue weighted by Gasteiger charge is -2.33. The minimum Gasteiger partial charge on any atom is -0.339 e. The average molecular weight is 416 g/mol. The zero-order valence-electron chi connectivity index (χ0n) is 16.1. The first-order chi connectivity index (χ1) is 12.4. The minimum absolute atomic E-state index is 0. The predicted molar refractivity (Wildman–Crippen MR) is 111 cm³/mol. The van der Waals surface area contributed by atoms with Crippen LogP contribution in [-0.4, -0.2) is 58.7 Å². The zero-order chi connectivity index (χ0) is 18.7. The summed E-state index contributed by atoms with van der Waals surface area (Å²) in [6.45, 7) is 3.15. The molecule has 1 amide bonds. The Labute approximate surface area is 168 Å². The van der Waals surface area contributed by atoms with Gasteiger partial charge in [-0.1, -0.05) is 0 Å². The van der Waals surface area contributed by atoms with E-state index in [1.54, 1.807) is 12.1 Å². The number of nitrogens with zero attached hydrogens (tertiary/aromatic N) is 2. The van der Waals surface area contributed by atoms with E-state index in [0.29, 0.717) is 18.0 Å². The molecule has 0 radical (unpaired) electrons. The van der Waals surface area contributed by atoms with Crippen LogP contribution in [0.3, 0.4) is 0 Å². The van der Waals surface area contributed by atoms with E-state index >= 15 is 0 Å². The highest BCUT2D eigenvalue weighted by atomic mass is 35.5. The SMILES string of the molecule is CNCCC1CCN(C(=O)c2ccc3c(c2)CCCN3S(C)(=O)=O)CC1.Cl. The number of sulfonamides is 1. The van der Waals surface area contributed by atoms with E-state index in [1.165, 1.54) is 17.0 Å². The monoisotopic (exact) mass is 415 g/mol. The van der Waals surface area contributed by atoms with Crippen molar-refractivity contribution < 1.29 is 13.2 Å². The standard InChI is InChI=1S/C19H29N3O3S.ClH/c1-20-10-7-15-8-12-21(13-9-15)19(23)17-5-6-18-16(14-17)4-3-11-22(18)26(2,24)25;/h5-6,14-15,20H,3-4,7-13H2,1-2H3;1H. The molecule has 1 aromatic carbocycles. The lowest BCUT2D eigenvalue weighted by Crippen LogP contribution is -2.39. The number of halogens is 1. The maximum atomic E-state index is 12.9. The molecule has 0 spiro atoms. The van der Waals surface area contributed by atoms with Crippen LogP contribution >= 0.6 is 12.4 Å². The van der Waals surface area contributed by atoms with Gasteiger partial charge in [0.1, 0.15) is 0 Å². The van der Waals surface area contributed by atoms with Gasteiger partial charge in [-0.25, -0.2) is 8.42 Å². The third-order valence-electron chi connectivity index (χ3n) is 5.51. The second kappa shape index (κ2) is 9.26. The fraction of sp³-hybridized carbons (Fsp3) is 0.632. The summed E-state index contributed by atoms with van der Waals surface area (Å²) in [7, 11) is -1.30. The molecule has 6 nitrogen and oxygen atoms in total. The molecule has 1 N–H and O–H groups in total. The summed E-state index contributed by atoms with van der Waals surface area (Å²) in [5, 5.41) is 3.19. The summed E-state index contributed by atoms with van der Waals surface area (Å²) in [6.07, 6.45) is 6.11. The minimum atomic E-state index is -3.27. The number of aryl methyl sites for hydroxylation is 1. The van der Waals surface area contributed by atoms with Gasteiger partial charge in [0, 0.05) is 25.2 Å². The molecule has 2 aliphatic heterocycles. The van der Waals surface area contributed by atoms with Gasteiger partial charge >= 0.3 is 0 Å². The van der Waals surface area contributed by atoms with Crippen molar-refractivity contribution in [2.24, 2.45) is 5.92 Å². The van der Waals surface area contributed by atoms with Crippen LogP contribution in [0.2, 0.25) is 0 Å². The Morgan fingerprint density at radius 3 is 2.56 bits per heavy atom. The number of rotatable bonds is 5. The number of carbonyl (C=O) groups excluding carboxylic acids is 1. The molecule has 3 rings (SSSR count).